The van der Waals surface area contributed by atoms with Gasteiger partial charge < -0.3 is 10.2 Å². The highest BCUT2D eigenvalue weighted by atomic mass is 15.2. The Labute approximate surface area is 109 Å². The lowest BCUT2D eigenvalue weighted by molar-refractivity contribution is 0.459. The predicted molar refractivity (Wildman–Crippen MR) is 75.3 cm³/mol. The fourth-order valence-corrected chi connectivity index (χ4v) is 3.01. The molecule has 96 valence electrons. The van der Waals surface area contributed by atoms with E-state index in [4.69, 9.17) is 0 Å². The summed E-state index contributed by atoms with van der Waals surface area (Å²) < 4.78 is 0. The highest BCUT2D eigenvalue weighted by molar-refractivity contribution is 6.01. The molecule has 3 nitrogen and oxygen atoms in total. The average Bonchev–Trinajstić information content (AvgIpc) is 2.86. The van der Waals surface area contributed by atoms with Gasteiger partial charge in [0.2, 0.25) is 0 Å². The maximum absolute atomic E-state index is 4.67. The second-order valence-corrected chi connectivity index (χ2v) is 5.24. The van der Waals surface area contributed by atoms with Crippen LogP contribution in [0.5, 0.6) is 0 Å². The first kappa shape index (κ1) is 11.7. The smallest absolute Gasteiger partial charge is 0.131 e. The molecule has 0 amide bonds. The maximum Gasteiger partial charge on any atom is 0.131 e. The molecule has 2 heterocycles. The summed E-state index contributed by atoms with van der Waals surface area (Å²) in [5.41, 5.74) is 2.84. The molecule has 3 rings (SSSR count). The first-order valence-corrected chi connectivity index (χ1v) is 6.92. The summed E-state index contributed by atoms with van der Waals surface area (Å²) in [4.78, 5) is 6.95. The van der Waals surface area contributed by atoms with E-state index in [0.717, 1.165) is 26.2 Å². The van der Waals surface area contributed by atoms with E-state index in [1.165, 1.54) is 29.8 Å². The molecule has 1 aromatic carbocycles. The number of aliphatic imine (C=N–C) groups is 1. The topological polar surface area (TPSA) is 27.6 Å². The van der Waals surface area contributed by atoms with E-state index < -0.39 is 0 Å². The van der Waals surface area contributed by atoms with Gasteiger partial charge in [0.1, 0.15) is 5.84 Å². The van der Waals surface area contributed by atoms with Crippen molar-refractivity contribution in [1.82, 2.24) is 10.2 Å². The molecule has 1 N–H and O–H groups in total. The first-order chi connectivity index (χ1) is 8.86. The summed E-state index contributed by atoms with van der Waals surface area (Å²) in [6.45, 7) is 4.27. The van der Waals surface area contributed by atoms with Crippen LogP contribution in [-0.4, -0.2) is 44.0 Å². The lowest BCUT2D eigenvalue weighted by Crippen LogP contribution is -2.29. The standard InChI is InChI=1S/C15H21N3/c1-18-11-10-17-15(18)14-5-3-2-4-13(14)12-6-8-16-9-7-12/h2-5,12,16H,6-11H2,1H3. The Hall–Kier alpha value is -1.35. The van der Waals surface area contributed by atoms with Crippen LogP contribution >= 0.6 is 0 Å². The monoisotopic (exact) mass is 243 g/mol. The lowest BCUT2D eigenvalue weighted by Gasteiger charge is -2.26. The highest BCUT2D eigenvalue weighted by Gasteiger charge is 2.22. The Bertz CT molecular complexity index is 447. The van der Waals surface area contributed by atoms with Crippen molar-refractivity contribution in [3.63, 3.8) is 0 Å². The van der Waals surface area contributed by atoms with Crippen molar-refractivity contribution in [3.8, 4) is 0 Å². The second-order valence-electron chi connectivity index (χ2n) is 5.24. The molecule has 0 saturated carbocycles. The van der Waals surface area contributed by atoms with Crippen LogP contribution in [0.25, 0.3) is 0 Å². The number of rotatable bonds is 2. The van der Waals surface area contributed by atoms with Crippen molar-refractivity contribution in [3.05, 3.63) is 35.4 Å². The van der Waals surface area contributed by atoms with Crippen LogP contribution < -0.4 is 5.32 Å². The van der Waals surface area contributed by atoms with Gasteiger partial charge in [-0.25, -0.2) is 0 Å². The van der Waals surface area contributed by atoms with E-state index in [1.54, 1.807) is 0 Å². The Morgan fingerprint density at radius 2 is 2.00 bits per heavy atom. The minimum Gasteiger partial charge on any atom is -0.358 e. The quantitative estimate of drug-likeness (QED) is 0.858. The molecular formula is C15H21N3. The molecule has 1 fully saturated rings. The number of piperidine rings is 1. The van der Waals surface area contributed by atoms with Gasteiger partial charge in [-0.2, -0.15) is 0 Å². The van der Waals surface area contributed by atoms with Crippen molar-refractivity contribution in [2.24, 2.45) is 4.99 Å². The number of benzene rings is 1. The number of nitrogens with one attached hydrogen (secondary N) is 1. The first-order valence-electron chi connectivity index (χ1n) is 6.92. The number of hydrogen-bond donors (Lipinski definition) is 1. The molecule has 1 aromatic rings. The second kappa shape index (κ2) is 5.11. The summed E-state index contributed by atoms with van der Waals surface area (Å²) in [7, 11) is 2.14. The largest absolute Gasteiger partial charge is 0.358 e. The van der Waals surface area contributed by atoms with E-state index in [-0.39, 0.29) is 0 Å². The van der Waals surface area contributed by atoms with Crippen LogP contribution in [0.2, 0.25) is 0 Å². The van der Waals surface area contributed by atoms with Crippen LogP contribution in [0, 0.1) is 0 Å². The predicted octanol–water partition coefficient (Wildman–Crippen LogP) is 1.85. The molecule has 2 aliphatic heterocycles. The van der Waals surface area contributed by atoms with Crippen molar-refractivity contribution < 1.29 is 0 Å². The van der Waals surface area contributed by atoms with Crippen LogP contribution in [0.1, 0.15) is 29.9 Å². The number of amidine groups is 1. The normalized spacial score (nSPS) is 21.2. The van der Waals surface area contributed by atoms with Gasteiger partial charge in [-0.1, -0.05) is 24.3 Å². The summed E-state index contributed by atoms with van der Waals surface area (Å²) in [5.74, 6) is 1.88. The van der Waals surface area contributed by atoms with Crippen molar-refractivity contribution in [2.45, 2.75) is 18.8 Å². The maximum atomic E-state index is 4.67. The molecule has 0 atom stereocenters. The molecule has 0 aliphatic carbocycles. The zero-order valence-corrected chi connectivity index (χ0v) is 11.0. The molecule has 2 aliphatic rings. The molecule has 0 aromatic heterocycles. The summed E-state index contributed by atoms with van der Waals surface area (Å²) in [5, 5.41) is 3.44. The van der Waals surface area contributed by atoms with E-state index in [9.17, 15) is 0 Å². The van der Waals surface area contributed by atoms with Crippen LogP contribution in [0.3, 0.4) is 0 Å². The summed E-state index contributed by atoms with van der Waals surface area (Å²) in [6, 6.07) is 8.82. The Balaban J connectivity index is 1.94. The van der Waals surface area contributed by atoms with Gasteiger partial charge >= 0.3 is 0 Å². The third-order valence-corrected chi connectivity index (χ3v) is 4.04. The third-order valence-electron chi connectivity index (χ3n) is 4.04. The lowest BCUT2D eigenvalue weighted by atomic mass is 9.86. The van der Waals surface area contributed by atoms with Gasteiger partial charge in [-0.05, 0) is 37.4 Å². The zero-order chi connectivity index (χ0) is 12.4. The molecule has 0 unspecified atom stereocenters. The van der Waals surface area contributed by atoms with Gasteiger partial charge in [-0.15, -0.1) is 0 Å². The Morgan fingerprint density at radius 3 is 2.72 bits per heavy atom. The molecule has 1 saturated heterocycles. The Morgan fingerprint density at radius 1 is 1.22 bits per heavy atom. The van der Waals surface area contributed by atoms with Crippen molar-refractivity contribution in [2.75, 3.05) is 33.2 Å². The fourth-order valence-electron chi connectivity index (χ4n) is 3.01. The molecule has 18 heavy (non-hydrogen) atoms. The molecule has 0 bridgehead atoms. The third kappa shape index (κ3) is 2.15. The van der Waals surface area contributed by atoms with E-state index in [1.807, 2.05) is 0 Å². The average molecular weight is 243 g/mol. The molecular weight excluding hydrogens is 222 g/mol. The van der Waals surface area contributed by atoms with Gasteiger partial charge in [0.05, 0.1) is 6.54 Å². The minimum atomic E-state index is 0.694. The van der Waals surface area contributed by atoms with E-state index in [2.05, 4.69) is 46.5 Å². The van der Waals surface area contributed by atoms with E-state index >= 15 is 0 Å². The molecule has 0 radical (unpaired) electrons. The summed E-state index contributed by atoms with van der Waals surface area (Å²) in [6.07, 6.45) is 2.49. The van der Waals surface area contributed by atoms with Crippen LogP contribution in [-0.2, 0) is 0 Å². The van der Waals surface area contributed by atoms with Crippen LogP contribution in [0.15, 0.2) is 29.3 Å². The Kier molecular flexibility index (Phi) is 3.33. The fraction of sp³-hybridized carbons (Fsp3) is 0.533. The summed E-state index contributed by atoms with van der Waals surface area (Å²) >= 11 is 0. The molecule has 0 spiro atoms. The SMILES string of the molecule is CN1CCN=C1c1ccccc1C1CCNCC1. The number of likely N-dealkylation sites (N-methyl/N-ethyl adjacent to an activating group) is 1. The van der Waals surface area contributed by atoms with Gasteiger partial charge in [0.15, 0.2) is 0 Å². The van der Waals surface area contributed by atoms with Gasteiger partial charge in [0.25, 0.3) is 0 Å². The minimum absolute atomic E-state index is 0.694. The zero-order valence-electron chi connectivity index (χ0n) is 11.0. The number of hydrogen-bond acceptors (Lipinski definition) is 3. The van der Waals surface area contributed by atoms with Gasteiger partial charge in [-0.3, -0.25) is 4.99 Å². The highest BCUT2D eigenvalue weighted by Crippen LogP contribution is 2.29. The van der Waals surface area contributed by atoms with Crippen molar-refractivity contribution >= 4 is 5.84 Å². The number of nitrogens with zero attached hydrogens (tertiary/aromatic N) is 2. The van der Waals surface area contributed by atoms with Crippen molar-refractivity contribution in [1.29, 1.82) is 0 Å². The van der Waals surface area contributed by atoms with Crippen LogP contribution in [0.4, 0.5) is 0 Å². The van der Waals surface area contributed by atoms with E-state index in [0.29, 0.717) is 5.92 Å². The molecule has 3 heteroatoms. The van der Waals surface area contributed by atoms with Gasteiger partial charge in [0, 0.05) is 19.2 Å².